The van der Waals surface area contributed by atoms with Crippen molar-refractivity contribution in [2.24, 2.45) is 0 Å². The molecule has 0 atom stereocenters. The Kier molecular flexibility index (Phi) is 17.8. The Morgan fingerprint density at radius 3 is 0.446 bits per heavy atom. The van der Waals surface area contributed by atoms with Crippen molar-refractivity contribution in [1.82, 2.24) is 0 Å². The lowest BCUT2D eigenvalue weighted by Gasteiger charge is -2.24. The van der Waals surface area contributed by atoms with Gasteiger partial charge in [0.05, 0.1) is 66.1 Å². The predicted octanol–water partition coefficient (Wildman–Crippen LogP) is 11.9. The van der Waals surface area contributed by atoms with Gasteiger partial charge in [-0.1, -0.05) is 0 Å². The van der Waals surface area contributed by atoms with Gasteiger partial charge in [0.1, 0.15) is 57.5 Å². The molecule has 65 heavy (non-hydrogen) atoms. The van der Waals surface area contributed by atoms with E-state index < -0.39 is 0 Å². The third-order valence-electron chi connectivity index (χ3n) is 11.0. The smallest absolute Gasteiger partial charge is 0.126 e. The zero-order valence-corrected chi connectivity index (χ0v) is 40.5. The van der Waals surface area contributed by atoms with E-state index >= 15 is 0 Å². The molecule has 0 radical (unpaired) electrons. The second kappa shape index (κ2) is 23.9. The highest BCUT2D eigenvalue weighted by atomic mass is 16.5. The summed E-state index contributed by atoms with van der Waals surface area (Å²) in [5.74, 6) is 7.74. The van der Waals surface area contributed by atoms with E-state index in [2.05, 4.69) is 60.7 Å². The van der Waals surface area contributed by atoms with Crippen LogP contribution in [0.15, 0.2) is 60.7 Å². The van der Waals surface area contributed by atoms with E-state index in [9.17, 15) is 0 Å². The van der Waals surface area contributed by atoms with Crippen LogP contribution >= 0.6 is 0 Å². The first kappa shape index (κ1) is 48.6. The summed E-state index contributed by atoms with van der Waals surface area (Å²) in [6.07, 6.45) is 2.47. The van der Waals surface area contributed by atoms with Crippen LogP contribution in [-0.2, 0) is 32.1 Å². The van der Waals surface area contributed by atoms with Gasteiger partial charge in [0.25, 0.3) is 0 Å². The fourth-order valence-corrected chi connectivity index (χ4v) is 8.85. The van der Waals surface area contributed by atoms with Crippen molar-refractivity contribution in [2.75, 3.05) is 66.1 Å². The summed E-state index contributed by atoms with van der Waals surface area (Å²) < 4.78 is 64.9. The Labute approximate surface area is 387 Å². The van der Waals surface area contributed by atoms with Crippen molar-refractivity contribution in [3.05, 3.63) is 116 Å². The van der Waals surface area contributed by atoms with Crippen LogP contribution in [0.1, 0.15) is 125 Å². The summed E-state index contributed by atoms with van der Waals surface area (Å²) in [5.41, 5.74) is 9.71. The van der Waals surface area contributed by atoms with Crippen LogP contribution in [0.25, 0.3) is 0 Å². The van der Waals surface area contributed by atoms with E-state index in [1.165, 1.54) is 0 Å². The Morgan fingerprint density at radius 2 is 0.338 bits per heavy atom. The molecule has 1 aliphatic carbocycles. The standard InChI is InChI=1S/C55H70O10/c1-11-56-46-26-36-21-38-28-47(57-12-2)30-40(52(38)62-17-7)23-42-32-49(59-14-4)34-44(54(42)64-19-9)25-45-35-50(60-15-5)33-43(55(45)65-20-10)24-41-31-48(58-13-3)29-39(53(41)63-18-8)22-37(27-46)51(36)61-16-6/h26-35H,11-25H2,1-10H3. The van der Waals surface area contributed by atoms with Gasteiger partial charge in [0.15, 0.2) is 0 Å². The van der Waals surface area contributed by atoms with E-state index in [1.807, 2.05) is 69.2 Å². The Bertz CT molecular complexity index is 1850. The van der Waals surface area contributed by atoms with Crippen LogP contribution in [0, 0.1) is 0 Å². The maximum absolute atomic E-state index is 6.67. The van der Waals surface area contributed by atoms with Gasteiger partial charge in [-0.15, -0.1) is 0 Å². The zero-order valence-electron chi connectivity index (χ0n) is 40.5. The molecular weight excluding hydrogens is 821 g/mol. The molecule has 0 aliphatic heterocycles. The van der Waals surface area contributed by atoms with E-state index in [0.29, 0.717) is 98.2 Å². The SMILES string of the molecule is CCOc1cc2c(OCC)c(c1)Cc1cc(OCC)cc(c1OCC)Cc1cc(OCC)cc(c1OCC)Cc1cc(OCC)cc(c1OCC)Cc1cc(OCC)cc(c1OCC)C2. The quantitative estimate of drug-likeness (QED) is 0.0738. The minimum absolute atomic E-state index is 0.469. The van der Waals surface area contributed by atoms with Gasteiger partial charge in [-0.05, 0) is 130 Å². The highest BCUT2D eigenvalue weighted by molar-refractivity contribution is 5.61. The van der Waals surface area contributed by atoms with E-state index in [4.69, 9.17) is 47.4 Å². The lowest BCUT2D eigenvalue weighted by Crippen LogP contribution is -2.10. The molecule has 0 saturated heterocycles. The first-order valence-corrected chi connectivity index (χ1v) is 23.8. The Balaban J connectivity index is 1.77. The fourth-order valence-electron chi connectivity index (χ4n) is 8.85. The van der Waals surface area contributed by atoms with Crippen LogP contribution in [0.3, 0.4) is 0 Å². The molecule has 1 aliphatic rings. The molecule has 0 heterocycles. The summed E-state index contributed by atoms with van der Waals surface area (Å²) in [6, 6.07) is 21.0. The van der Waals surface area contributed by atoms with Crippen molar-refractivity contribution in [3.8, 4) is 57.5 Å². The largest absolute Gasteiger partial charge is 0.494 e. The number of hydrogen-bond donors (Lipinski definition) is 0. The molecule has 0 unspecified atom stereocenters. The van der Waals surface area contributed by atoms with E-state index in [-0.39, 0.29) is 0 Å². The number of ether oxygens (including phenoxy) is 10. The molecule has 6 rings (SSSR count). The maximum atomic E-state index is 6.67. The lowest BCUT2D eigenvalue weighted by molar-refractivity contribution is 0.317. The van der Waals surface area contributed by atoms with Gasteiger partial charge in [0.2, 0.25) is 0 Å². The molecular formula is C55H70O10. The van der Waals surface area contributed by atoms with Crippen molar-refractivity contribution in [1.29, 1.82) is 0 Å². The van der Waals surface area contributed by atoms with Gasteiger partial charge in [-0.3, -0.25) is 0 Å². The number of benzene rings is 5. The van der Waals surface area contributed by atoms with Gasteiger partial charge in [0, 0.05) is 87.7 Å². The Hall–Kier alpha value is -5.90. The zero-order chi connectivity index (χ0) is 46.3. The molecule has 10 nitrogen and oxygen atoms in total. The van der Waals surface area contributed by atoms with Gasteiger partial charge < -0.3 is 47.4 Å². The summed E-state index contributed by atoms with van der Waals surface area (Å²) in [6.45, 7) is 25.0. The molecule has 0 aromatic heterocycles. The molecule has 5 aromatic carbocycles. The molecule has 10 heteroatoms. The molecule has 10 bridgehead atoms. The second-order valence-electron chi connectivity index (χ2n) is 15.6. The van der Waals surface area contributed by atoms with E-state index in [1.54, 1.807) is 0 Å². The van der Waals surface area contributed by atoms with Gasteiger partial charge >= 0.3 is 0 Å². The normalized spacial score (nSPS) is 12.2. The highest BCUT2D eigenvalue weighted by Crippen LogP contribution is 2.44. The molecule has 0 amide bonds. The third-order valence-corrected chi connectivity index (χ3v) is 11.0. The summed E-state index contributed by atoms with van der Waals surface area (Å²) in [7, 11) is 0. The predicted molar refractivity (Wildman–Crippen MR) is 258 cm³/mol. The van der Waals surface area contributed by atoms with Crippen LogP contribution < -0.4 is 47.4 Å². The van der Waals surface area contributed by atoms with Crippen LogP contribution in [0.4, 0.5) is 0 Å². The average Bonchev–Trinajstić information content (AvgIpc) is 3.27. The molecule has 0 fully saturated rings. The first-order chi connectivity index (χ1) is 31.7. The van der Waals surface area contributed by atoms with Crippen LogP contribution in [0.5, 0.6) is 57.5 Å². The van der Waals surface area contributed by atoms with Crippen molar-refractivity contribution >= 4 is 0 Å². The third kappa shape index (κ3) is 11.9. The first-order valence-electron chi connectivity index (χ1n) is 23.8. The number of fused-ring (bicyclic) bond motifs is 10. The topological polar surface area (TPSA) is 92.3 Å². The average molecular weight is 891 g/mol. The minimum atomic E-state index is 0.469. The van der Waals surface area contributed by atoms with Crippen molar-refractivity contribution < 1.29 is 47.4 Å². The summed E-state index contributed by atoms with van der Waals surface area (Å²) in [5, 5.41) is 0. The van der Waals surface area contributed by atoms with Crippen molar-refractivity contribution in [3.63, 3.8) is 0 Å². The van der Waals surface area contributed by atoms with Crippen LogP contribution in [-0.4, -0.2) is 66.1 Å². The molecule has 0 saturated carbocycles. The molecule has 5 aromatic rings. The lowest BCUT2D eigenvalue weighted by atomic mass is 9.90. The monoisotopic (exact) mass is 890 g/mol. The summed E-state index contributed by atoms with van der Waals surface area (Å²) in [4.78, 5) is 0. The van der Waals surface area contributed by atoms with Crippen molar-refractivity contribution in [2.45, 2.75) is 101 Å². The number of hydrogen-bond acceptors (Lipinski definition) is 10. The highest BCUT2D eigenvalue weighted by Gasteiger charge is 2.26. The summed E-state index contributed by atoms with van der Waals surface area (Å²) >= 11 is 0. The number of rotatable bonds is 20. The van der Waals surface area contributed by atoms with Gasteiger partial charge in [-0.2, -0.15) is 0 Å². The maximum Gasteiger partial charge on any atom is 0.126 e. The van der Waals surface area contributed by atoms with Crippen LogP contribution in [0.2, 0.25) is 0 Å². The molecule has 0 N–H and O–H groups in total. The molecule has 0 spiro atoms. The molecule has 350 valence electrons. The van der Waals surface area contributed by atoms with Gasteiger partial charge in [-0.25, -0.2) is 0 Å². The van der Waals surface area contributed by atoms with E-state index in [0.717, 1.165) is 113 Å². The minimum Gasteiger partial charge on any atom is -0.494 e. The second-order valence-corrected chi connectivity index (χ2v) is 15.6. The Morgan fingerprint density at radius 1 is 0.215 bits per heavy atom. The fraction of sp³-hybridized carbons (Fsp3) is 0.455.